The molecule has 0 saturated heterocycles. The van der Waals surface area contributed by atoms with Gasteiger partial charge in [0.05, 0.1) is 6.10 Å². The average molecular weight is 223 g/mol. The van der Waals surface area contributed by atoms with Gasteiger partial charge in [0, 0.05) is 13.0 Å². The van der Waals surface area contributed by atoms with E-state index in [9.17, 15) is 5.11 Å². The average Bonchev–Trinajstić information content (AvgIpc) is 2.66. The van der Waals surface area contributed by atoms with Crippen LogP contribution in [0.25, 0.3) is 0 Å². The van der Waals surface area contributed by atoms with Crippen molar-refractivity contribution in [2.75, 3.05) is 0 Å². The first-order valence-corrected chi connectivity index (χ1v) is 6.34. The summed E-state index contributed by atoms with van der Waals surface area (Å²) in [5.41, 5.74) is 0. The molecule has 1 aliphatic rings. The maximum Gasteiger partial charge on any atom is 0.138 e. The predicted molar refractivity (Wildman–Crippen MR) is 62.0 cm³/mol. The summed E-state index contributed by atoms with van der Waals surface area (Å²) < 4.78 is 2.00. The van der Waals surface area contributed by atoms with E-state index in [1.807, 2.05) is 4.68 Å². The number of rotatable bonds is 4. The zero-order valence-electron chi connectivity index (χ0n) is 9.97. The highest BCUT2D eigenvalue weighted by molar-refractivity contribution is 4.89. The smallest absolute Gasteiger partial charge is 0.138 e. The van der Waals surface area contributed by atoms with Gasteiger partial charge >= 0.3 is 0 Å². The fraction of sp³-hybridized carbons (Fsp3) is 0.833. The summed E-state index contributed by atoms with van der Waals surface area (Å²) in [6.07, 6.45) is 7.87. The highest BCUT2D eigenvalue weighted by atomic mass is 16.3. The highest BCUT2D eigenvalue weighted by Crippen LogP contribution is 2.26. The van der Waals surface area contributed by atoms with Gasteiger partial charge in [0.25, 0.3) is 0 Å². The van der Waals surface area contributed by atoms with Crippen molar-refractivity contribution in [1.29, 1.82) is 0 Å². The molecule has 0 radical (unpaired) electrons. The van der Waals surface area contributed by atoms with Crippen molar-refractivity contribution in [2.45, 2.75) is 58.1 Å². The molecule has 0 aromatic carbocycles. The van der Waals surface area contributed by atoms with Crippen LogP contribution in [0.5, 0.6) is 0 Å². The van der Waals surface area contributed by atoms with Crippen molar-refractivity contribution in [3.05, 3.63) is 12.2 Å². The fourth-order valence-corrected chi connectivity index (χ4v) is 2.55. The Bertz CT molecular complexity index is 324. The normalized spacial score (nSPS) is 25.9. The first-order chi connectivity index (χ1) is 7.79. The van der Waals surface area contributed by atoms with E-state index in [4.69, 9.17) is 0 Å². The maximum atomic E-state index is 9.64. The molecule has 4 nitrogen and oxygen atoms in total. The van der Waals surface area contributed by atoms with Crippen LogP contribution in [0.15, 0.2) is 6.33 Å². The first kappa shape index (κ1) is 11.6. The van der Waals surface area contributed by atoms with E-state index in [1.54, 1.807) is 6.33 Å². The zero-order valence-corrected chi connectivity index (χ0v) is 9.97. The molecule has 0 amide bonds. The summed E-state index contributed by atoms with van der Waals surface area (Å²) >= 11 is 0. The van der Waals surface area contributed by atoms with E-state index in [-0.39, 0.29) is 6.10 Å². The van der Waals surface area contributed by atoms with Gasteiger partial charge in [-0.2, -0.15) is 5.10 Å². The molecule has 2 rings (SSSR count). The summed E-state index contributed by atoms with van der Waals surface area (Å²) in [4.78, 5) is 4.32. The Morgan fingerprint density at radius 2 is 2.38 bits per heavy atom. The number of aryl methyl sites for hydroxylation is 1. The second-order valence-electron chi connectivity index (χ2n) is 4.79. The van der Waals surface area contributed by atoms with Crippen molar-refractivity contribution in [1.82, 2.24) is 14.8 Å². The van der Waals surface area contributed by atoms with E-state index >= 15 is 0 Å². The summed E-state index contributed by atoms with van der Waals surface area (Å²) in [7, 11) is 0. The Morgan fingerprint density at radius 1 is 1.50 bits per heavy atom. The first-order valence-electron chi connectivity index (χ1n) is 6.34. The molecule has 1 aliphatic carbocycles. The molecule has 1 aromatic rings. The molecule has 0 bridgehead atoms. The quantitative estimate of drug-likeness (QED) is 0.846. The summed E-state index contributed by atoms with van der Waals surface area (Å²) in [6.45, 7) is 3.10. The third kappa shape index (κ3) is 2.82. The van der Waals surface area contributed by atoms with Gasteiger partial charge in [0.1, 0.15) is 12.2 Å². The Kier molecular flexibility index (Phi) is 3.93. The Balaban J connectivity index is 1.94. The van der Waals surface area contributed by atoms with E-state index in [1.165, 1.54) is 6.42 Å². The van der Waals surface area contributed by atoms with Crippen LogP contribution in [-0.2, 0) is 13.0 Å². The summed E-state index contributed by atoms with van der Waals surface area (Å²) in [5, 5.41) is 13.9. The van der Waals surface area contributed by atoms with Crippen LogP contribution >= 0.6 is 0 Å². The number of hydrogen-bond acceptors (Lipinski definition) is 3. The van der Waals surface area contributed by atoms with E-state index in [0.29, 0.717) is 5.92 Å². The van der Waals surface area contributed by atoms with E-state index < -0.39 is 0 Å². The Hall–Kier alpha value is -0.900. The lowest BCUT2D eigenvalue weighted by Crippen LogP contribution is -2.22. The highest BCUT2D eigenvalue weighted by Gasteiger charge is 2.21. The summed E-state index contributed by atoms with van der Waals surface area (Å²) in [5.74, 6) is 1.67. The minimum Gasteiger partial charge on any atom is -0.393 e. The second-order valence-corrected chi connectivity index (χ2v) is 4.79. The molecule has 1 saturated carbocycles. The minimum atomic E-state index is -0.0960. The zero-order chi connectivity index (χ0) is 11.4. The van der Waals surface area contributed by atoms with Crippen molar-refractivity contribution < 1.29 is 5.11 Å². The number of aliphatic hydroxyl groups excluding tert-OH is 1. The van der Waals surface area contributed by atoms with Crippen LogP contribution in [0.1, 0.15) is 44.9 Å². The van der Waals surface area contributed by atoms with Gasteiger partial charge in [0.2, 0.25) is 0 Å². The van der Waals surface area contributed by atoms with Gasteiger partial charge in [-0.05, 0) is 31.6 Å². The summed E-state index contributed by atoms with van der Waals surface area (Å²) in [6, 6.07) is 0. The Morgan fingerprint density at radius 3 is 3.12 bits per heavy atom. The molecule has 4 heteroatoms. The molecular formula is C12H21N3O. The molecule has 1 heterocycles. The van der Waals surface area contributed by atoms with Crippen LogP contribution in [0.3, 0.4) is 0 Å². The van der Waals surface area contributed by atoms with Gasteiger partial charge in [-0.25, -0.2) is 4.98 Å². The number of hydrogen-bond donors (Lipinski definition) is 1. The standard InChI is InChI=1S/C12H21N3O/c1-2-6-15-12(13-9-14-15)8-10-4-3-5-11(16)7-10/h9-11,16H,2-8H2,1H3. The minimum absolute atomic E-state index is 0.0960. The van der Waals surface area contributed by atoms with Crippen LogP contribution in [0.4, 0.5) is 0 Å². The molecule has 2 atom stereocenters. The maximum absolute atomic E-state index is 9.64. The number of aliphatic hydroxyl groups is 1. The molecule has 1 N–H and O–H groups in total. The monoisotopic (exact) mass is 223 g/mol. The van der Waals surface area contributed by atoms with Gasteiger partial charge in [-0.3, -0.25) is 4.68 Å². The Labute approximate surface area is 96.7 Å². The molecule has 1 fully saturated rings. The molecular weight excluding hydrogens is 202 g/mol. The third-order valence-corrected chi connectivity index (χ3v) is 3.36. The van der Waals surface area contributed by atoms with Crippen molar-refractivity contribution in [2.24, 2.45) is 5.92 Å². The second kappa shape index (κ2) is 5.43. The van der Waals surface area contributed by atoms with Crippen LogP contribution in [0, 0.1) is 5.92 Å². The molecule has 2 unspecified atom stereocenters. The molecule has 1 aromatic heterocycles. The predicted octanol–water partition coefficient (Wildman–Crippen LogP) is 1.78. The van der Waals surface area contributed by atoms with Gasteiger partial charge < -0.3 is 5.11 Å². The lowest BCUT2D eigenvalue weighted by atomic mass is 9.85. The molecule has 0 spiro atoms. The van der Waals surface area contributed by atoms with Gasteiger partial charge in [-0.15, -0.1) is 0 Å². The van der Waals surface area contributed by atoms with E-state index in [2.05, 4.69) is 17.0 Å². The van der Waals surface area contributed by atoms with Crippen LogP contribution < -0.4 is 0 Å². The largest absolute Gasteiger partial charge is 0.393 e. The lowest BCUT2D eigenvalue weighted by molar-refractivity contribution is 0.100. The van der Waals surface area contributed by atoms with Gasteiger partial charge in [0.15, 0.2) is 0 Å². The fourth-order valence-electron chi connectivity index (χ4n) is 2.55. The molecule has 90 valence electrons. The van der Waals surface area contributed by atoms with Crippen LogP contribution in [-0.4, -0.2) is 26.0 Å². The van der Waals surface area contributed by atoms with Crippen LogP contribution in [0.2, 0.25) is 0 Å². The molecule has 0 aliphatic heterocycles. The van der Waals surface area contributed by atoms with Crippen molar-refractivity contribution in [3.63, 3.8) is 0 Å². The van der Waals surface area contributed by atoms with Crippen molar-refractivity contribution >= 4 is 0 Å². The third-order valence-electron chi connectivity index (χ3n) is 3.36. The number of aromatic nitrogens is 3. The van der Waals surface area contributed by atoms with Crippen molar-refractivity contribution in [3.8, 4) is 0 Å². The SMILES string of the molecule is CCCn1ncnc1CC1CCCC(O)C1. The van der Waals surface area contributed by atoms with E-state index in [0.717, 1.165) is 44.5 Å². The van der Waals surface area contributed by atoms with Gasteiger partial charge in [-0.1, -0.05) is 13.3 Å². The topological polar surface area (TPSA) is 50.9 Å². The number of nitrogens with zero attached hydrogens (tertiary/aromatic N) is 3. The molecule has 16 heavy (non-hydrogen) atoms. The lowest BCUT2D eigenvalue weighted by Gasteiger charge is -2.25.